The van der Waals surface area contributed by atoms with Crippen LogP contribution in [-0.4, -0.2) is 78.5 Å². The summed E-state index contributed by atoms with van der Waals surface area (Å²) >= 11 is 0. The van der Waals surface area contributed by atoms with Gasteiger partial charge >= 0.3 is 0 Å². The van der Waals surface area contributed by atoms with Gasteiger partial charge in [-0.05, 0) is 12.8 Å². The minimum absolute atomic E-state index is 0.0305. The Bertz CT molecular complexity index is 731. The van der Waals surface area contributed by atoms with E-state index in [2.05, 4.69) is 5.32 Å². The molecule has 2 saturated heterocycles. The molecule has 0 bridgehead atoms. The Balaban J connectivity index is 1.72. The number of piperidine rings is 1. The molecule has 8 heteroatoms. The Morgan fingerprint density at radius 3 is 2.62 bits per heavy atom. The van der Waals surface area contributed by atoms with Gasteiger partial charge in [-0.1, -0.05) is 13.8 Å². The molecule has 2 amide bonds. The molecule has 1 aromatic rings. The van der Waals surface area contributed by atoms with Crippen LogP contribution in [0.5, 0.6) is 0 Å². The van der Waals surface area contributed by atoms with Crippen molar-refractivity contribution < 1.29 is 14.3 Å². The molecule has 0 saturated carbocycles. The van der Waals surface area contributed by atoms with E-state index in [4.69, 9.17) is 14.7 Å². The SMILES string of the molecule is CNc1cc([C@@H]2CC(=O)N(CCOC)C2)nc(C2CCN(C(=O)C(C)C)CC2)n1. The number of ether oxygens (including phenoxy) is 1. The molecule has 3 rings (SSSR count). The van der Waals surface area contributed by atoms with E-state index in [-0.39, 0.29) is 29.6 Å². The van der Waals surface area contributed by atoms with Crippen LogP contribution < -0.4 is 5.32 Å². The van der Waals surface area contributed by atoms with E-state index in [0.29, 0.717) is 26.1 Å². The van der Waals surface area contributed by atoms with Gasteiger partial charge in [-0.3, -0.25) is 9.59 Å². The van der Waals surface area contributed by atoms with Crippen molar-refractivity contribution >= 4 is 17.6 Å². The maximum atomic E-state index is 12.3. The van der Waals surface area contributed by atoms with Gasteiger partial charge in [0.1, 0.15) is 11.6 Å². The summed E-state index contributed by atoms with van der Waals surface area (Å²) in [6.45, 7) is 7.21. The first-order chi connectivity index (χ1) is 13.9. The molecule has 1 atom stereocenters. The second kappa shape index (κ2) is 9.52. The van der Waals surface area contributed by atoms with Gasteiger partial charge in [0.05, 0.1) is 12.3 Å². The summed E-state index contributed by atoms with van der Waals surface area (Å²) in [5.74, 6) is 2.33. The van der Waals surface area contributed by atoms with E-state index < -0.39 is 0 Å². The highest BCUT2D eigenvalue weighted by molar-refractivity contribution is 5.79. The summed E-state index contributed by atoms with van der Waals surface area (Å²) in [5.41, 5.74) is 0.924. The van der Waals surface area contributed by atoms with Crippen molar-refractivity contribution in [2.45, 2.75) is 44.9 Å². The quantitative estimate of drug-likeness (QED) is 0.748. The smallest absolute Gasteiger partial charge is 0.225 e. The van der Waals surface area contributed by atoms with Crippen molar-refractivity contribution in [2.24, 2.45) is 5.92 Å². The minimum Gasteiger partial charge on any atom is -0.383 e. The van der Waals surface area contributed by atoms with Crippen molar-refractivity contribution in [3.8, 4) is 0 Å². The highest BCUT2D eigenvalue weighted by atomic mass is 16.5. The number of aromatic nitrogens is 2. The summed E-state index contributed by atoms with van der Waals surface area (Å²) in [6.07, 6.45) is 2.22. The number of hydrogen-bond donors (Lipinski definition) is 1. The lowest BCUT2D eigenvalue weighted by molar-refractivity contribution is -0.135. The molecule has 0 aromatic carbocycles. The molecule has 8 nitrogen and oxygen atoms in total. The maximum Gasteiger partial charge on any atom is 0.225 e. The predicted octanol–water partition coefficient (Wildman–Crippen LogP) is 1.84. The topological polar surface area (TPSA) is 87.7 Å². The molecule has 3 heterocycles. The van der Waals surface area contributed by atoms with E-state index in [1.54, 1.807) is 7.11 Å². The van der Waals surface area contributed by atoms with Gasteiger partial charge in [-0.25, -0.2) is 9.97 Å². The van der Waals surface area contributed by atoms with Crippen LogP contribution in [0.4, 0.5) is 5.82 Å². The van der Waals surface area contributed by atoms with Crippen LogP contribution in [0.1, 0.15) is 56.5 Å². The zero-order chi connectivity index (χ0) is 21.0. The summed E-state index contributed by atoms with van der Waals surface area (Å²) < 4.78 is 5.11. The largest absolute Gasteiger partial charge is 0.383 e. The Morgan fingerprint density at radius 1 is 1.28 bits per heavy atom. The Hall–Kier alpha value is -2.22. The van der Waals surface area contributed by atoms with Crippen LogP contribution in [0.3, 0.4) is 0 Å². The first kappa shape index (κ1) is 21.5. The molecule has 2 aliphatic heterocycles. The molecule has 2 fully saturated rings. The highest BCUT2D eigenvalue weighted by Gasteiger charge is 2.33. The number of amides is 2. The van der Waals surface area contributed by atoms with E-state index in [0.717, 1.165) is 43.3 Å². The van der Waals surface area contributed by atoms with E-state index >= 15 is 0 Å². The molecule has 0 aliphatic carbocycles. The average Bonchev–Trinajstić information content (AvgIpc) is 3.11. The number of nitrogens with zero attached hydrogens (tertiary/aromatic N) is 4. The fraction of sp³-hybridized carbons (Fsp3) is 0.714. The van der Waals surface area contributed by atoms with Crippen molar-refractivity contribution in [1.82, 2.24) is 19.8 Å². The molecule has 0 radical (unpaired) electrons. The van der Waals surface area contributed by atoms with Gasteiger partial charge < -0.3 is 19.9 Å². The number of likely N-dealkylation sites (tertiary alicyclic amines) is 2. The van der Waals surface area contributed by atoms with Gasteiger partial charge in [-0.15, -0.1) is 0 Å². The normalized spacial score (nSPS) is 20.6. The standard InChI is InChI=1S/C21H33N5O3/c1-14(2)21(28)25-7-5-15(6-8-25)20-23-17(12-18(22-3)24-20)16-11-19(27)26(13-16)9-10-29-4/h12,14-16H,5-11,13H2,1-4H3,(H,22,23,24)/t16-/m1/s1. The lowest BCUT2D eigenvalue weighted by Crippen LogP contribution is -2.40. The number of nitrogens with one attached hydrogen (secondary N) is 1. The van der Waals surface area contributed by atoms with Gasteiger partial charge in [-0.2, -0.15) is 0 Å². The molecule has 0 unspecified atom stereocenters. The van der Waals surface area contributed by atoms with Crippen molar-refractivity contribution in [2.75, 3.05) is 52.3 Å². The molecular weight excluding hydrogens is 370 g/mol. The monoisotopic (exact) mass is 403 g/mol. The van der Waals surface area contributed by atoms with Crippen LogP contribution in [0.2, 0.25) is 0 Å². The Labute approximate surface area is 173 Å². The fourth-order valence-electron chi connectivity index (χ4n) is 4.12. The lowest BCUT2D eigenvalue weighted by atomic mass is 9.94. The summed E-state index contributed by atoms with van der Waals surface area (Å²) in [4.78, 5) is 38.0. The highest BCUT2D eigenvalue weighted by Crippen LogP contribution is 2.32. The van der Waals surface area contributed by atoms with E-state index in [9.17, 15) is 9.59 Å². The third-order valence-electron chi connectivity index (χ3n) is 5.88. The third kappa shape index (κ3) is 5.04. The molecule has 1 aromatic heterocycles. The zero-order valence-corrected chi connectivity index (χ0v) is 18.0. The molecule has 2 aliphatic rings. The van der Waals surface area contributed by atoms with Crippen LogP contribution in [-0.2, 0) is 14.3 Å². The van der Waals surface area contributed by atoms with Crippen LogP contribution in [0.15, 0.2) is 6.07 Å². The molecular formula is C21H33N5O3. The van der Waals surface area contributed by atoms with Crippen LogP contribution in [0, 0.1) is 5.92 Å². The average molecular weight is 404 g/mol. The number of methoxy groups -OCH3 is 1. The fourth-order valence-corrected chi connectivity index (χ4v) is 4.12. The van der Waals surface area contributed by atoms with Crippen molar-refractivity contribution in [3.05, 3.63) is 17.6 Å². The molecule has 1 N–H and O–H groups in total. The first-order valence-corrected chi connectivity index (χ1v) is 10.5. The number of anilines is 1. The molecule has 160 valence electrons. The Kier molecular flexibility index (Phi) is 7.05. The molecule has 0 spiro atoms. The molecule has 29 heavy (non-hydrogen) atoms. The summed E-state index contributed by atoms with van der Waals surface area (Å²) in [7, 11) is 3.50. The second-order valence-corrected chi connectivity index (χ2v) is 8.27. The number of hydrogen-bond acceptors (Lipinski definition) is 6. The lowest BCUT2D eigenvalue weighted by Gasteiger charge is -2.32. The zero-order valence-electron chi connectivity index (χ0n) is 18.0. The minimum atomic E-state index is 0.0305. The van der Waals surface area contributed by atoms with E-state index in [1.165, 1.54) is 0 Å². The van der Waals surface area contributed by atoms with Crippen molar-refractivity contribution in [1.29, 1.82) is 0 Å². The number of rotatable bonds is 7. The Morgan fingerprint density at radius 2 is 2.00 bits per heavy atom. The van der Waals surface area contributed by atoms with Crippen LogP contribution >= 0.6 is 0 Å². The van der Waals surface area contributed by atoms with Gasteiger partial charge in [0.25, 0.3) is 0 Å². The van der Waals surface area contributed by atoms with Gasteiger partial charge in [0, 0.05) is 70.6 Å². The second-order valence-electron chi connectivity index (χ2n) is 8.27. The van der Waals surface area contributed by atoms with Gasteiger partial charge in [0.15, 0.2) is 0 Å². The summed E-state index contributed by atoms with van der Waals surface area (Å²) in [5, 5.41) is 3.13. The summed E-state index contributed by atoms with van der Waals surface area (Å²) in [6, 6.07) is 1.96. The number of carbonyl (C=O) groups is 2. The van der Waals surface area contributed by atoms with Gasteiger partial charge in [0.2, 0.25) is 11.8 Å². The van der Waals surface area contributed by atoms with Crippen LogP contribution in [0.25, 0.3) is 0 Å². The predicted molar refractivity (Wildman–Crippen MR) is 111 cm³/mol. The first-order valence-electron chi connectivity index (χ1n) is 10.5. The van der Waals surface area contributed by atoms with E-state index in [1.807, 2.05) is 36.8 Å². The van der Waals surface area contributed by atoms with Crippen molar-refractivity contribution in [3.63, 3.8) is 0 Å². The third-order valence-corrected chi connectivity index (χ3v) is 5.88. The number of carbonyl (C=O) groups excluding carboxylic acids is 2. The maximum absolute atomic E-state index is 12.3.